The number of hydrogen-bond acceptors (Lipinski definition) is 5. The first-order chi connectivity index (χ1) is 15.7. The summed E-state index contributed by atoms with van der Waals surface area (Å²) in [6.45, 7) is 8.90. The summed E-state index contributed by atoms with van der Waals surface area (Å²) in [6.07, 6.45) is 1.91. The number of carbonyl (C=O) groups excluding carboxylic acids is 1. The highest BCUT2D eigenvalue weighted by Gasteiger charge is 2.33. The van der Waals surface area contributed by atoms with Crippen LogP contribution in [0.2, 0.25) is 0 Å². The molecule has 0 bridgehead atoms. The zero-order valence-electron chi connectivity index (χ0n) is 20.7. The minimum Gasteiger partial charge on any atom is -0.496 e. The molecule has 3 rings (SSSR count). The van der Waals surface area contributed by atoms with Crippen molar-refractivity contribution in [1.29, 1.82) is 0 Å². The molecule has 2 aromatic carbocycles. The Morgan fingerprint density at radius 3 is 2.18 bits per heavy atom. The molecule has 33 heavy (non-hydrogen) atoms. The molecule has 0 spiro atoms. The Hall–Kier alpha value is -2.73. The van der Waals surface area contributed by atoms with Gasteiger partial charge in [-0.05, 0) is 69.7 Å². The predicted octanol–water partition coefficient (Wildman–Crippen LogP) is 6.10. The fraction of sp³-hybridized carbons (Fsp3) is 0.519. The topological polar surface area (TPSA) is 57.2 Å². The largest absolute Gasteiger partial charge is 0.496 e. The van der Waals surface area contributed by atoms with Crippen LogP contribution in [-0.4, -0.2) is 44.0 Å². The summed E-state index contributed by atoms with van der Waals surface area (Å²) in [7, 11) is 3.36. The molecule has 1 unspecified atom stereocenters. The van der Waals surface area contributed by atoms with Crippen LogP contribution in [0.4, 0.5) is 4.79 Å². The summed E-state index contributed by atoms with van der Waals surface area (Å²) >= 11 is 0. The van der Waals surface area contributed by atoms with E-state index in [0.717, 1.165) is 41.0 Å². The molecule has 0 radical (unpaired) electrons. The first-order valence-electron chi connectivity index (χ1n) is 11.6. The zero-order chi connectivity index (χ0) is 24.0. The van der Waals surface area contributed by atoms with Crippen LogP contribution < -0.4 is 9.47 Å². The van der Waals surface area contributed by atoms with Gasteiger partial charge in [0.05, 0.1) is 33.5 Å². The van der Waals surface area contributed by atoms with Gasteiger partial charge >= 0.3 is 6.09 Å². The number of ether oxygens (including phenoxy) is 4. The molecule has 1 saturated carbocycles. The van der Waals surface area contributed by atoms with E-state index in [4.69, 9.17) is 18.9 Å². The fourth-order valence-corrected chi connectivity index (χ4v) is 3.85. The van der Waals surface area contributed by atoms with Gasteiger partial charge in [-0.15, -0.1) is 0 Å². The van der Waals surface area contributed by atoms with Gasteiger partial charge in [-0.25, -0.2) is 4.79 Å². The normalized spacial score (nSPS) is 14.5. The lowest BCUT2D eigenvalue weighted by Crippen LogP contribution is -2.40. The lowest BCUT2D eigenvalue weighted by Gasteiger charge is -2.32. The van der Waals surface area contributed by atoms with Crippen molar-refractivity contribution in [3.05, 3.63) is 59.2 Å². The first-order valence-corrected chi connectivity index (χ1v) is 11.6. The third-order valence-corrected chi connectivity index (χ3v) is 5.72. The number of nitrogens with zero attached hydrogens (tertiary/aromatic N) is 1. The quantitative estimate of drug-likeness (QED) is 0.405. The molecule has 1 amide bonds. The molecular weight excluding hydrogens is 418 g/mol. The van der Waals surface area contributed by atoms with E-state index in [0.29, 0.717) is 25.7 Å². The van der Waals surface area contributed by atoms with Crippen molar-refractivity contribution >= 4 is 6.09 Å². The van der Waals surface area contributed by atoms with Crippen molar-refractivity contribution in [1.82, 2.24) is 4.90 Å². The van der Waals surface area contributed by atoms with Crippen LogP contribution in [0.25, 0.3) is 0 Å². The van der Waals surface area contributed by atoms with E-state index in [1.807, 2.05) is 70.2 Å². The summed E-state index contributed by atoms with van der Waals surface area (Å²) in [5, 5.41) is 0. The Morgan fingerprint density at radius 2 is 1.67 bits per heavy atom. The van der Waals surface area contributed by atoms with Gasteiger partial charge in [0, 0.05) is 12.1 Å². The van der Waals surface area contributed by atoms with E-state index < -0.39 is 5.60 Å². The summed E-state index contributed by atoms with van der Waals surface area (Å²) in [5.41, 5.74) is 2.55. The second-order valence-electron chi connectivity index (χ2n) is 9.50. The monoisotopic (exact) mass is 455 g/mol. The number of amides is 1. The average Bonchev–Trinajstić information content (AvgIpc) is 3.62. The summed E-state index contributed by atoms with van der Waals surface area (Å²) in [6, 6.07) is 13.8. The van der Waals surface area contributed by atoms with Crippen molar-refractivity contribution in [3.63, 3.8) is 0 Å². The summed E-state index contributed by atoms with van der Waals surface area (Å²) < 4.78 is 23.0. The summed E-state index contributed by atoms with van der Waals surface area (Å²) in [5.74, 6) is 2.10. The minimum atomic E-state index is -0.592. The standard InChI is InChI=1S/C27H37NO5/c1-19(22-16-23(30-5)25(21-12-13-21)24(17-22)31-6)28(26(29)33-27(2,3)4)14-15-32-18-20-10-8-7-9-11-20/h7-11,16-17,19,21H,12-15,18H2,1-6H3. The molecule has 1 aliphatic carbocycles. The number of methoxy groups -OCH3 is 2. The maximum Gasteiger partial charge on any atom is 0.410 e. The van der Waals surface area contributed by atoms with Gasteiger partial charge in [-0.3, -0.25) is 4.90 Å². The van der Waals surface area contributed by atoms with Gasteiger partial charge in [-0.2, -0.15) is 0 Å². The van der Waals surface area contributed by atoms with E-state index >= 15 is 0 Å². The third-order valence-electron chi connectivity index (χ3n) is 5.72. The van der Waals surface area contributed by atoms with Gasteiger partial charge in [0.1, 0.15) is 17.1 Å². The number of hydrogen-bond donors (Lipinski definition) is 0. The highest BCUT2D eigenvalue weighted by atomic mass is 16.6. The number of benzene rings is 2. The molecule has 0 heterocycles. The molecule has 1 aliphatic rings. The molecule has 6 heteroatoms. The second-order valence-corrected chi connectivity index (χ2v) is 9.50. The molecule has 0 aliphatic heterocycles. The molecule has 180 valence electrons. The number of rotatable bonds is 10. The number of carbonyl (C=O) groups is 1. The van der Waals surface area contributed by atoms with Crippen LogP contribution in [-0.2, 0) is 16.1 Å². The maximum atomic E-state index is 13.1. The van der Waals surface area contributed by atoms with Gasteiger partial charge in [0.15, 0.2) is 0 Å². The van der Waals surface area contributed by atoms with Crippen molar-refractivity contribution in [2.24, 2.45) is 0 Å². The van der Waals surface area contributed by atoms with Crippen LogP contribution in [0.15, 0.2) is 42.5 Å². The van der Waals surface area contributed by atoms with Gasteiger partial charge in [0.2, 0.25) is 0 Å². The van der Waals surface area contributed by atoms with E-state index in [1.165, 1.54) is 0 Å². The van der Waals surface area contributed by atoms with Crippen LogP contribution in [0.3, 0.4) is 0 Å². The zero-order valence-corrected chi connectivity index (χ0v) is 20.7. The van der Waals surface area contributed by atoms with E-state index in [9.17, 15) is 4.79 Å². The smallest absolute Gasteiger partial charge is 0.410 e. The van der Waals surface area contributed by atoms with Crippen molar-refractivity contribution < 1.29 is 23.7 Å². The summed E-state index contributed by atoms with van der Waals surface area (Å²) in [4.78, 5) is 14.8. The van der Waals surface area contributed by atoms with Crippen molar-refractivity contribution in [3.8, 4) is 11.5 Å². The van der Waals surface area contributed by atoms with Crippen molar-refractivity contribution in [2.75, 3.05) is 27.4 Å². The first kappa shape index (κ1) is 24.9. The van der Waals surface area contributed by atoms with Gasteiger partial charge in [0.25, 0.3) is 0 Å². The van der Waals surface area contributed by atoms with Crippen LogP contribution in [0.5, 0.6) is 11.5 Å². The Labute approximate surface area is 197 Å². The second kappa shape index (κ2) is 10.9. The van der Waals surface area contributed by atoms with Gasteiger partial charge < -0.3 is 18.9 Å². The SMILES string of the molecule is COc1cc(C(C)N(CCOCc2ccccc2)C(=O)OC(C)(C)C)cc(OC)c1C1CC1. The molecule has 0 saturated heterocycles. The molecular formula is C27H37NO5. The Bertz CT molecular complexity index is 893. The fourth-order valence-electron chi connectivity index (χ4n) is 3.85. The van der Waals surface area contributed by atoms with Crippen molar-refractivity contribution in [2.45, 2.75) is 64.7 Å². The van der Waals surface area contributed by atoms with Crippen LogP contribution >= 0.6 is 0 Å². The Morgan fingerprint density at radius 1 is 1.06 bits per heavy atom. The van der Waals surface area contributed by atoms with Crippen LogP contribution in [0, 0.1) is 0 Å². The average molecular weight is 456 g/mol. The minimum absolute atomic E-state index is 0.253. The van der Waals surface area contributed by atoms with E-state index in [1.54, 1.807) is 19.1 Å². The molecule has 0 N–H and O–H groups in total. The van der Waals surface area contributed by atoms with Gasteiger partial charge in [-0.1, -0.05) is 30.3 Å². The maximum absolute atomic E-state index is 13.1. The lowest BCUT2D eigenvalue weighted by molar-refractivity contribution is 0.00766. The predicted molar refractivity (Wildman–Crippen MR) is 129 cm³/mol. The lowest BCUT2D eigenvalue weighted by atomic mass is 10.00. The third kappa shape index (κ3) is 6.87. The molecule has 1 fully saturated rings. The van der Waals surface area contributed by atoms with Crippen LogP contribution in [0.1, 0.15) is 69.2 Å². The molecule has 0 aromatic heterocycles. The molecule has 6 nitrogen and oxygen atoms in total. The van der Waals surface area contributed by atoms with E-state index in [-0.39, 0.29) is 12.1 Å². The Kier molecular flexibility index (Phi) is 8.25. The molecule has 1 atom stereocenters. The van der Waals surface area contributed by atoms with E-state index in [2.05, 4.69) is 0 Å². The Balaban J connectivity index is 1.79. The highest BCUT2D eigenvalue weighted by molar-refractivity contribution is 5.69. The molecule has 2 aromatic rings. The highest BCUT2D eigenvalue weighted by Crippen LogP contribution is 2.49.